The number of rotatable bonds is 8. The molecule has 0 aliphatic carbocycles. The zero-order chi connectivity index (χ0) is 19.6. The fourth-order valence-corrected chi connectivity index (χ4v) is 2.86. The van der Waals surface area contributed by atoms with Crippen LogP contribution < -0.4 is 15.4 Å². The highest BCUT2D eigenvalue weighted by molar-refractivity contribution is 9.10. The normalized spacial score (nSPS) is 10.2. The van der Waals surface area contributed by atoms with Gasteiger partial charge in [0.2, 0.25) is 0 Å². The van der Waals surface area contributed by atoms with Gasteiger partial charge in [0, 0.05) is 16.7 Å². The molecule has 27 heavy (non-hydrogen) atoms. The van der Waals surface area contributed by atoms with Crippen molar-refractivity contribution in [3.8, 4) is 5.75 Å². The van der Waals surface area contributed by atoms with E-state index in [1.54, 1.807) is 43.3 Å². The molecule has 2 N–H and O–H groups in total. The van der Waals surface area contributed by atoms with Gasteiger partial charge in [0.1, 0.15) is 5.75 Å². The standard InChI is InChI=1S/C19H20BrClN2O4/c1-2-26-18(24)13-4-7-15(8-5-13)23-19(25)22-10-3-11-27-17-9-6-14(20)12-16(17)21/h4-9,12H,2-3,10-11H2,1H3,(H2,22,23,25). The number of hydrogen-bond donors (Lipinski definition) is 2. The van der Waals surface area contributed by atoms with Gasteiger partial charge in [-0.15, -0.1) is 0 Å². The molecule has 0 bridgehead atoms. The molecule has 0 atom stereocenters. The van der Waals surface area contributed by atoms with Crippen LogP contribution in [0.1, 0.15) is 23.7 Å². The topological polar surface area (TPSA) is 76.7 Å². The van der Waals surface area contributed by atoms with Crippen LogP contribution >= 0.6 is 27.5 Å². The van der Waals surface area contributed by atoms with Crippen molar-refractivity contribution in [2.45, 2.75) is 13.3 Å². The van der Waals surface area contributed by atoms with Crippen LogP contribution in [0.5, 0.6) is 5.75 Å². The van der Waals surface area contributed by atoms with Gasteiger partial charge in [0.25, 0.3) is 0 Å². The number of nitrogens with one attached hydrogen (secondary N) is 2. The number of ether oxygens (including phenoxy) is 2. The molecule has 8 heteroatoms. The Bertz CT molecular complexity index is 784. The summed E-state index contributed by atoms with van der Waals surface area (Å²) in [5.74, 6) is 0.213. The maximum atomic E-state index is 11.9. The zero-order valence-electron chi connectivity index (χ0n) is 14.8. The van der Waals surface area contributed by atoms with E-state index >= 15 is 0 Å². The fraction of sp³-hybridized carbons (Fsp3) is 0.263. The third-order valence-electron chi connectivity index (χ3n) is 3.41. The van der Waals surface area contributed by atoms with E-state index in [9.17, 15) is 9.59 Å². The van der Waals surface area contributed by atoms with E-state index in [4.69, 9.17) is 21.1 Å². The minimum atomic E-state index is -0.389. The van der Waals surface area contributed by atoms with E-state index in [1.807, 2.05) is 6.07 Å². The Labute approximate surface area is 171 Å². The van der Waals surface area contributed by atoms with E-state index in [2.05, 4.69) is 26.6 Å². The molecule has 144 valence electrons. The molecule has 0 aromatic heterocycles. The molecule has 2 aromatic carbocycles. The lowest BCUT2D eigenvalue weighted by atomic mass is 10.2. The maximum Gasteiger partial charge on any atom is 0.338 e. The van der Waals surface area contributed by atoms with Crippen LogP contribution in [-0.2, 0) is 4.74 Å². The first-order valence-electron chi connectivity index (χ1n) is 8.39. The van der Waals surface area contributed by atoms with E-state index in [-0.39, 0.29) is 12.0 Å². The average molecular weight is 456 g/mol. The molecule has 0 heterocycles. The number of benzene rings is 2. The summed E-state index contributed by atoms with van der Waals surface area (Å²) < 4.78 is 11.4. The highest BCUT2D eigenvalue weighted by Gasteiger charge is 2.07. The third kappa shape index (κ3) is 7.11. The number of hydrogen-bond acceptors (Lipinski definition) is 4. The first-order valence-corrected chi connectivity index (χ1v) is 9.56. The number of carbonyl (C=O) groups excluding carboxylic acids is 2. The van der Waals surface area contributed by atoms with Crippen LogP contribution in [0.4, 0.5) is 10.5 Å². The molecular formula is C19H20BrClN2O4. The molecule has 2 rings (SSSR count). The van der Waals surface area contributed by atoms with Crippen LogP contribution in [0.25, 0.3) is 0 Å². The summed E-state index contributed by atoms with van der Waals surface area (Å²) in [6.45, 7) is 2.94. The second-order valence-corrected chi connectivity index (χ2v) is 6.78. The Hall–Kier alpha value is -2.25. The third-order valence-corrected chi connectivity index (χ3v) is 4.20. The maximum absolute atomic E-state index is 11.9. The average Bonchev–Trinajstić information content (AvgIpc) is 2.64. The first-order chi connectivity index (χ1) is 13.0. The Morgan fingerprint density at radius 3 is 2.56 bits per heavy atom. The fourth-order valence-electron chi connectivity index (χ4n) is 2.13. The van der Waals surface area contributed by atoms with Crippen molar-refractivity contribution in [1.29, 1.82) is 0 Å². The summed E-state index contributed by atoms with van der Waals surface area (Å²) in [7, 11) is 0. The molecule has 0 unspecified atom stereocenters. The predicted octanol–water partition coefficient (Wildman–Crippen LogP) is 4.87. The second kappa shape index (κ2) is 10.8. The number of urea groups is 1. The Balaban J connectivity index is 1.68. The molecule has 0 fully saturated rings. The highest BCUT2D eigenvalue weighted by atomic mass is 79.9. The largest absolute Gasteiger partial charge is 0.492 e. The van der Waals surface area contributed by atoms with Crippen molar-refractivity contribution in [2.75, 3.05) is 25.1 Å². The van der Waals surface area contributed by atoms with Gasteiger partial charge in [-0.2, -0.15) is 0 Å². The van der Waals surface area contributed by atoms with E-state index in [1.165, 1.54) is 0 Å². The van der Waals surface area contributed by atoms with Gasteiger partial charge in [-0.1, -0.05) is 27.5 Å². The molecule has 6 nitrogen and oxygen atoms in total. The van der Waals surface area contributed by atoms with Crippen LogP contribution in [0.2, 0.25) is 5.02 Å². The van der Waals surface area contributed by atoms with E-state index < -0.39 is 0 Å². The number of anilines is 1. The quantitative estimate of drug-likeness (QED) is 0.440. The van der Waals surface area contributed by atoms with Gasteiger partial charge in [-0.3, -0.25) is 0 Å². The lowest BCUT2D eigenvalue weighted by Gasteiger charge is -2.10. The van der Waals surface area contributed by atoms with Crippen LogP contribution in [0.3, 0.4) is 0 Å². The highest BCUT2D eigenvalue weighted by Crippen LogP contribution is 2.27. The first kappa shape index (κ1) is 21.1. The lowest BCUT2D eigenvalue weighted by molar-refractivity contribution is 0.0526. The van der Waals surface area contributed by atoms with Crippen molar-refractivity contribution in [2.24, 2.45) is 0 Å². The molecule has 0 aliphatic rings. The Kier molecular flexibility index (Phi) is 8.42. The van der Waals surface area contributed by atoms with Gasteiger partial charge < -0.3 is 20.1 Å². The van der Waals surface area contributed by atoms with Crippen molar-refractivity contribution in [1.82, 2.24) is 5.32 Å². The Morgan fingerprint density at radius 1 is 1.15 bits per heavy atom. The minimum absolute atomic E-state index is 0.318. The van der Waals surface area contributed by atoms with Gasteiger partial charge >= 0.3 is 12.0 Å². The smallest absolute Gasteiger partial charge is 0.338 e. The summed E-state index contributed by atoms with van der Waals surface area (Å²) in [4.78, 5) is 23.5. The summed E-state index contributed by atoms with van der Waals surface area (Å²) >= 11 is 9.40. The van der Waals surface area contributed by atoms with Crippen molar-refractivity contribution in [3.63, 3.8) is 0 Å². The van der Waals surface area contributed by atoms with Crippen molar-refractivity contribution < 1.29 is 19.1 Å². The molecule has 0 saturated carbocycles. The number of halogens is 2. The van der Waals surface area contributed by atoms with Crippen LogP contribution in [-0.4, -0.2) is 31.8 Å². The Morgan fingerprint density at radius 2 is 1.89 bits per heavy atom. The number of carbonyl (C=O) groups is 2. The summed E-state index contributed by atoms with van der Waals surface area (Å²) in [5.41, 5.74) is 1.02. The number of esters is 1. The van der Waals surface area contributed by atoms with Gasteiger partial charge in [-0.25, -0.2) is 9.59 Å². The van der Waals surface area contributed by atoms with Gasteiger partial charge in [-0.05, 0) is 55.8 Å². The SMILES string of the molecule is CCOC(=O)c1ccc(NC(=O)NCCCOc2ccc(Br)cc2Cl)cc1. The second-order valence-electron chi connectivity index (χ2n) is 5.46. The van der Waals surface area contributed by atoms with Crippen molar-refractivity contribution in [3.05, 3.63) is 57.5 Å². The van der Waals surface area contributed by atoms with Crippen molar-refractivity contribution >= 4 is 45.2 Å². The van der Waals surface area contributed by atoms with Crippen LogP contribution in [0, 0.1) is 0 Å². The van der Waals surface area contributed by atoms with Gasteiger partial charge in [0.05, 0.1) is 23.8 Å². The molecule has 2 aromatic rings. The molecule has 0 saturated heterocycles. The summed E-state index contributed by atoms with van der Waals surface area (Å²) in [6.07, 6.45) is 0.627. The van der Waals surface area contributed by atoms with Crippen LogP contribution in [0.15, 0.2) is 46.9 Å². The molecular weight excluding hydrogens is 436 g/mol. The predicted molar refractivity (Wildman–Crippen MR) is 109 cm³/mol. The van der Waals surface area contributed by atoms with Gasteiger partial charge in [0.15, 0.2) is 0 Å². The lowest BCUT2D eigenvalue weighted by Crippen LogP contribution is -2.30. The number of amides is 2. The molecule has 0 aliphatic heterocycles. The summed E-state index contributed by atoms with van der Waals surface area (Å²) in [5, 5.41) is 5.96. The molecule has 0 radical (unpaired) electrons. The zero-order valence-corrected chi connectivity index (χ0v) is 17.1. The summed E-state index contributed by atoms with van der Waals surface area (Å²) in [6, 6.07) is 11.5. The van der Waals surface area contributed by atoms with E-state index in [0.29, 0.717) is 48.2 Å². The molecule has 2 amide bonds. The monoisotopic (exact) mass is 454 g/mol. The van der Waals surface area contributed by atoms with E-state index in [0.717, 1.165) is 4.47 Å². The minimum Gasteiger partial charge on any atom is -0.492 e. The molecule has 0 spiro atoms.